The van der Waals surface area contributed by atoms with Crippen molar-refractivity contribution in [3.63, 3.8) is 0 Å². The van der Waals surface area contributed by atoms with Gasteiger partial charge in [-0.3, -0.25) is 0 Å². The Labute approximate surface area is 104 Å². The highest BCUT2D eigenvalue weighted by molar-refractivity contribution is 9.10. The minimum atomic E-state index is 0.530. The van der Waals surface area contributed by atoms with Gasteiger partial charge in [0.25, 0.3) is 0 Å². The highest BCUT2D eigenvalue weighted by atomic mass is 79.9. The second-order valence-corrected chi connectivity index (χ2v) is 3.88. The van der Waals surface area contributed by atoms with E-state index in [0.29, 0.717) is 11.8 Å². The van der Waals surface area contributed by atoms with Crippen LogP contribution in [0, 0.1) is 0 Å². The Morgan fingerprint density at radius 3 is 3.00 bits per heavy atom. The van der Waals surface area contributed by atoms with Gasteiger partial charge in [-0.1, -0.05) is 0 Å². The van der Waals surface area contributed by atoms with Gasteiger partial charge in [0.2, 0.25) is 11.8 Å². The SMILES string of the molecule is CCOCCCNc1ncc(Br)c(OC)n1. The van der Waals surface area contributed by atoms with Crippen LogP contribution in [-0.4, -0.2) is 36.8 Å². The number of nitrogens with zero attached hydrogens (tertiary/aromatic N) is 2. The van der Waals surface area contributed by atoms with Crippen molar-refractivity contribution in [1.82, 2.24) is 9.97 Å². The van der Waals surface area contributed by atoms with E-state index in [4.69, 9.17) is 9.47 Å². The molecule has 0 bridgehead atoms. The molecule has 0 aliphatic carbocycles. The van der Waals surface area contributed by atoms with E-state index in [-0.39, 0.29) is 0 Å². The van der Waals surface area contributed by atoms with E-state index in [0.717, 1.165) is 30.7 Å². The summed E-state index contributed by atoms with van der Waals surface area (Å²) in [5.41, 5.74) is 0. The standard InChI is InChI=1S/C10H16BrN3O2/c1-3-16-6-4-5-12-10-13-7-8(11)9(14-10)15-2/h7H,3-6H2,1-2H3,(H,12,13,14). The van der Waals surface area contributed by atoms with Crippen LogP contribution in [0.25, 0.3) is 0 Å². The van der Waals surface area contributed by atoms with E-state index in [2.05, 4.69) is 31.2 Å². The molecular formula is C10H16BrN3O2. The van der Waals surface area contributed by atoms with Crippen molar-refractivity contribution in [2.24, 2.45) is 0 Å². The summed E-state index contributed by atoms with van der Waals surface area (Å²) in [5, 5.41) is 3.10. The molecule has 0 saturated heterocycles. The molecule has 1 N–H and O–H groups in total. The quantitative estimate of drug-likeness (QED) is 0.779. The maximum absolute atomic E-state index is 5.22. The average molecular weight is 290 g/mol. The summed E-state index contributed by atoms with van der Waals surface area (Å²) >= 11 is 3.30. The molecule has 0 saturated carbocycles. The molecule has 0 amide bonds. The molecule has 0 aliphatic heterocycles. The Bertz CT molecular complexity index is 323. The van der Waals surface area contributed by atoms with Crippen molar-refractivity contribution in [3.8, 4) is 5.88 Å². The fourth-order valence-corrected chi connectivity index (χ4v) is 1.45. The van der Waals surface area contributed by atoms with Gasteiger partial charge in [-0.2, -0.15) is 4.98 Å². The fraction of sp³-hybridized carbons (Fsp3) is 0.600. The molecular weight excluding hydrogens is 274 g/mol. The number of anilines is 1. The first kappa shape index (κ1) is 13.2. The predicted octanol–water partition coefficient (Wildman–Crippen LogP) is 2.09. The highest BCUT2D eigenvalue weighted by Crippen LogP contribution is 2.21. The second kappa shape index (κ2) is 7.40. The van der Waals surface area contributed by atoms with Gasteiger partial charge in [0.1, 0.15) is 0 Å². The largest absolute Gasteiger partial charge is 0.480 e. The summed E-state index contributed by atoms with van der Waals surface area (Å²) < 4.78 is 11.0. The monoisotopic (exact) mass is 289 g/mol. The minimum absolute atomic E-state index is 0.530. The zero-order valence-corrected chi connectivity index (χ0v) is 11.1. The molecule has 0 radical (unpaired) electrons. The Hall–Kier alpha value is -0.880. The van der Waals surface area contributed by atoms with E-state index in [1.807, 2.05) is 6.92 Å². The van der Waals surface area contributed by atoms with E-state index in [9.17, 15) is 0 Å². The van der Waals surface area contributed by atoms with Gasteiger partial charge < -0.3 is 14.8 Å². The molecule has 0 aromatic carbocycles. The summed E-state index contributed by atoms with van der Waals surface area (Å²) in [6.07, 6.45) is 2.59. The fourth-order valence-electron chi connectivity index (χ4n) is 1.10. The first-order valence-electron chi connectivity index (χ1n) is 5.16. The van der Waals surface area contributed by atoms with Crippen molar-refractivity contribution in [2.75, 3.05) is 32.2 Å². The molecule has 0 atom stereocenters. The van der Waals surface area contributed by atoms with E-state index in [1.165, 1.54) is 0 Å². The number of methoxy groups -OCH3 is 1. The van der Waals surface area contributed by atoms with Gasteiger partial charge in [-0.15, -0.1) is 0 Å². The lowest BCUT2D eigenvalue weighted by atomic mass is 10.4. The Morgan fingerprint density at radius 2 is 2.31 bits per heavy atom. The molecule has 1 rings (SSSR count). The Kier molecular flexibility index (Phi) is 6.10. The van der Waals surface area contributed by atoms with Crippen LogP contribution in [0.15, 0.2) is 10.7 Å². The molecule has 0 spiro atoms. The summed E-state index contributed by atoms with van der Waals surface area (Å²) in [5.74, 6) is 1.10. The molecule has 1 aromatic rings. The van der Waals surface area contributed by atoms with Crippen LogP contribution >= 0.6 is 15.9 Å². The summed E-state index contributed by atoms with van der Waals surface area (Å²) in [7, 11) is 1.58. The minimum Gasteiger partial charge on any atom is -0.480 e. The maximum atomic E-state index is 5.22. The Balaban J connectivity index is 2.36. The number of halogens is 1. The summed E-state index contributed by atoms with van der Waals surface area (Å²) in [6, 6.07) is 0. The number of nitrogens with one attached hydrogen (secondary N) is 1. The molecule has 0 unspecified atom stereocenters. The van der Waals surface area contributed by atoms with Crippen LogP contribution in [0.3, 0.4) is 0 Å². The van der Waals surface area contributed by atoms with Gasteiger partial charge in [-0.25, -0.2) is 4.98 Å². The zero-order valence-electron chi connectivity index (χ0n) is 9.49. The number of hydrogen-bond acceptors (Lipinski definition) is 5. The van der Waals surface area contributed by atoms with Gasteiger partial charge >= 0.3 is 0 Å². The predicted molar refractivity (Wildman–Crippen MR) is 65.9 cm³/mol. The summed E-state index contributed by atoms with van der Waals surface area (Å²) in [6.45, 7) is 4.26. The zero-order chi connectivity index (χ0) is 11.8. The van der Waals surface area contributed by atoms with Gasteiger partial charge in [0, 0.05) is 19.8 Å². The molecule has 6 heteroatoms. The third-order valence-corrected chi connectivity index (χ3v) is 2.40. The molecule has 0 aliphatic rings. The maximum Gasteiger partial charge on any atom is 0.232 e. The number of aromatic nitrogens is 2. The first-order chi connectivity index (χ1) is 7.77. The summed E-state index contributed by atoms with van der Waals surface area (Å²) in [4.78, 5) is 8.29. The topological polar surface area (TPSA) is 56.3 Å². The van der Waals surface area contributed by atoms with E-state index in [1.54, 1.807) is 13.3 Å². The smallest absolute Gasteiger partial charge is 0.232 e. The van der Waals surface area contributed by atoms with Crippen LogP contribution in [0.4, 0.5) is 5.95 Å². The first-order valence-corrected chi connectivity index (χ1v) is 5.95. The molecule has 90 valence electrons. The number of ether oxygens (including phenoxy) is 2. The molecule has 16 heavy (non-hydrogen) atoms. The number of hydrogen-bond donors (Lipinski definition) is 1. The lowest BCUT2D eigenvalue weighted by molar-refractivity contribution is 0.147. The van der Waals surface area contributed by atoms with Crippen LogP contribution in [0.1, 0.15) is 13.3 Å². The van der Waals surface area contributed by atoms with Crippen LogP contribution < -0.4 is 10.1 Å². The van der Waals surface area contributed by atoms with Crippen LogP contribution in [0.5, 0.6) is 5.88 Å². The molecule has 1 heterocycles. The van der Waals surface area contributed by atoms with Crippen molar-refractivity contribution >= 4 is 21.9 Å². The van der Waals surface area contributed by atoms with E-state index >= 15 is 0 Å². The lowest BCUT2D eigenvalue weighted by Crippen LogP contribution is -2.08. The normalized spacial score (nSPS) is 10.2. The second-order valence-electron chi connectivity index (χ2n) is 3.03. The van der Waals surface area contributed by atoms with Gasteiger partial charge in [0.05, 0.1) is 17.8 Å². The van der Waals surface area contributed by atoms with Gasteiger partial charge in [0.15, 0.2) is 0 Å². The molecule has 0 fully saturated rings. The highest BCUT2D eigenvalue weighted by Gasteiger charge is 2.03. The lowest BCUT2D eigenvalue weighted by Gasteiger charge is -2.07. The van der Waals surface area contributed by atoms with Crippen molar-refractivity contribution in [1.29, 1.82) is 0 Å². The molecule has 1 aromatic heterocycles. The molecule has 5 nitrogen and oxygen atoms in total. The Morgan fingerprint density at radius 1 is 1.50 bits per heavy atom. The van der Waals surface area contributed by atoms with Crippen LogP contribution in [0.2, 0.25) is 0 Å². The van der Waals surface area contributed by atoms with Crippen LogP contribution in [-0.2, 0) is 4.74 Å². The third kappa shape index (κ3) is 4.32. The van der Waals surface area contributed by atoms with Gasteiger partial charge in [-0.05, 0) is 29.3 Å². The third-order valence-electron chi connectivity index (χ3n) is 1.86. The average Bonchev–Trinajstić information content (AvgIpc) is 2.31. The van der Waals surface area contributed by atoms with Crippen molar-refractivity contribution in [3.05, 3.63) is 10.7 Å². The van der Waals surface area contributed by atoms with Crippen molar-refractivity contribution < 1.29 is 9.47 Å². The number of rotatable bonds is 7. The van der Waals surface area contributed by atoms with E-state index < -0.39 is 0 Å². The van der Waals surface area contributed by atoms with Crippen molar-refractivity contribution in [2.45, 2.75) is 13.3 Å².